The lowest BCUT2D eigenvalue weighted by Gasteiger charge is -2.23. The van der Waals surface area contributed by atoms with Gasteiger partial charge in [-0.25, -0.2) is 23.5 Å². The van der Waals surface area contributed by atoms with Crippen LogP contribution >= 0.6 is 0 Å². The molecule has 0 aliphatic heterocycles. The first-order valence-electron chi connectivity index (χ1n) is 8.16. The molecule has 0 atom stereocenters. The van der Waals surface area contributed by atoms with E-state index in [0.717, 1.165) is 12.1 Å². The lowest BCUT2D eigenvalue weighted by atomic mass is 10.1. The van der Waals surface area contributed by atoms with Gasteiger partial charge in [-0.3, -0.25) is 0 Å². The highest BCUT2D eigenvalue weighted by Gasteiger charge is 2.19. The summed E-state index contributed by atoms with van der Waals surface area (Å²) in [6.45, 7) is 0. The molecule has 0 spiro atoms. The fourth-order valence-corrected chi connectivity index (χ4v) is 2.63. The van der Waals surface area contributed by atoms with Crippen LogP contribution in [-0.2, 0) is 4.74 Å². The van der Waals surface area contributed by atoms with E-state index < -0.39 is 17.6 Å². The Morgan fingerprint density at radius 1 is 1.14 bits per heavy atom. The normalized spacial score (nSPS) is 10.4. The fraction of sp³-hybridized carbons (Fsp3) is 0.105. The number of hydrogen-bond donors (Lipinski definition) is 2. The second kappa shape index (κ2) is 7.87. The summed E-state index contributed by atoms with van der Waals surface area (Å²) >= 11 is 0. The Morgan fingerprint density at radius 3 is 2.61 bits per heavy atom. The number of aromatic nitrogens is 2. The number of halogens is 2. The summed E-state index contributed by atoms with van der Waals surface area (Å²) in [6, 6.07) is 10.2. The molecule has 0 aliphatic rings. The molecule has 0 saturated heterocycles. The van der Waals surface area contributed by atoms with Crippen molar-refractivity contribution >= 4 is 34.7 Å². The molecule has 3 rings (SSSR count). The molecule has 3 aromatic rings. The van der Waals surface area contributed by atoms with E-state index in [0.29, 0.717) is 17.1 Å². The molecule has 0 fully saturated rings. The number of nitrogens with two attached hydrogens (primary N) is 1. The number of benzene rings is 2. The molecular weight excluding hydrogens is 368 g/mol. The van der Waals surface area contributed by atoms with E-state index >= 15 is 0 Å². The number of carbonyl (C=O) groups is 1. The van der Waals surface area contributed by atoms with E-state index in [4.69, 9.17) is 10.5 Å². The maximum atomic E-state index is 13.4. The molecule has 1 aromatic heterocycles. The Kier molecular flexibility index (Phi) is 5.35. The van der Waals surface area contributed by atoms with Crippen molar-refractivity contribution in [3.05, 3.63) is 66.0 Å². The second-order valence-corrected chi connectivity index (χ2v) is 5.78. The minimum atomic E-state index is -0.998. The van der Waals surface area contributed by atoms with Gasteiger partial charge in [0.1, 0.15) is 12.0 Å². The molecule has 0 amide bonds. The van der Waals surface area contributed by atoms with Gasteiger partial charge < -0.3 is 20.7 Å². The van der Waals surface area contributed by atoms with Crippen molar-refractivity contribution in [2.24, 2.45) is 0 Å². The van der Waals surface area contributed by atoms with Crippen molar-refractivity contribution < 1.29 is 18.3 Å². The predicted molar refractivity (Wildman–Crippen MR) is 102 cm³/mol. The molecular formula is C19H17F2N5O2. The molecule has 1 heterocycles. The van der Waals surface area contributed by atoms with Crippen LogP contribution in [0.3, 0.4) is 0 Å². The van der Waals surface area contributed by atoms with Gasteiger partial charge in [-0.1, -0.05) is 12.1 Å². The van der Waals surface area contributed by atoms with Gasteiger partial charge in [0, 0.05) is 18.8 Å². The van der Waals surface area contributed by atoms with E-state index in [2.05, 4.69) is 15.3 Å². The molecule has 0 saturated carbocycles. The minimum Gasteiger partial charge on any atom is -0.465 e. The van der Waals surface area contributed by atoms with Crippen LogP contribution in [0.15, 0.2) is 48.8 Å². The summed E-state index contributed by atoms with van der Waals surface area (Å²) in [6.07, 6.45) is 1.27. The van der Waals surface area contributed by atoms with Crippen molar-refractivity contribution in [2.45, 2.75) is 0 Å². The summed E-state index contributed by atoms with van der Waals surface area (Å²) < 4.78 is 31.4. The Bertz CT molecular complexity index is 1030. The Labute approximate surface area is 159 Å². The number of rotatable bonds is 5. The van der Waals surface area contributed by atoms with Gasteiger partial charge in [0.25, 0.3) is 0 Å². The van der Waals surface area contributed by atoms with Crippen LogP contribution in [-0.4, -0.2) is 30.1 Å². The highest BCUT2D eigenvalue weighted by Crippen LogP contribution is 2.33. The van der Waals surface area contributed by atoms with E-state index in [1.807, 2.05) is 0 Å². The van der Waals surface area contributed by atoms with Crippen LogP contribution in [0, 0.1) is 11.6 Å². The number of nitrogen functional groups attached to an aromatic ring is 1. The lowest BCUT2D eigenvalue weighted by Crippen LogP contribution is -2.18. The summed E-state index contributed by atoms with van der Waals surface area (Å²) in [7, 11) is 2.98. The zero-order chi connectivity index (χ0) is 20.3. The second-order valence-electron chi connectivity index (χ2n) is 5.78. The molecule has 7 nitrogen and oxygen atoms in total. The third-order valence-corrected chi connectivity index (χ3v) is 4.03. The van der Waals surface area contributed by atoms with Crippen LogP contribution in [0.2, 0.25) is 0 Å². The molecule has 2 aromatic carbocycles. The summed E-state index contributed by atoms with van der Waals surface area (Å²) in [5.41, 5.74) is 7.48. The molecule has 144 valence electrons. The Hall–Kier alpha value is -3.75. The Balaban J connectivity index is 1.97. The van der Waals surface area contributed by atoms with Gasteiger partial charge in [0.2, 0.25) is 0 Å². The third-order valence-electron chi connectivity index (χ3n) is 4.03. The van der Waals surface area contributed by atoms with E-state index in [1.165, 1.54) is 19.5 Å². The van der Waals surface area contributed by atoms with Crippen LogP contribution in [0.1, 0.15) is 10.4 Å². The zero-order valence-corrected chi connectivity index (χ0v) is 15.1. The number of anilines is 5. The third kappa shape index (κ3) is 3.68. The monoisotopic (exact) mass is 385 g/mol. The number of hydrogen-bond acceptors (Lipinski definition) is 7. The Morgan fingerprint density at radius 2 is 1.89 bits per heavy atom. The zero-order valence-electron chi connectivity index (χ0n) is 15.1. The van der Waals surface area contributed by atoms with Gasteiger partial charge in [0.15, 0.2) is 23.3 Å². The average molecular weight is 385 g/mol. The predicted octanol–water partition coefficient (Wildman–Crippen LogP) is 3.64. The minimum absolute atomic E-state index is 0.161. The van der Waals surface area contributed by atoms with Crippen molar-refractivity contribution in [1.29, 1.82) is 0 Å². The van der Waals surface area contributed by atoms with Gasteiger partial charge in [-0.15, -0.1) is 0 Å². The maximum absolute atomic E-state index is 13.4. The molecule has 9 heteroatoms. The quantitative estimate of drug-likeness (QED) is 0.648. The molecule has 0 bridgehead atoms. The molecule has 0 unspecified atom stereocenters. The highest BCUT2D eigenvalue weighted by molar-refractivity contribution is 5.97. The first-order valence-corrected chi connectivity index (χ1v) is 8.16. The summed E-state index contributed by atoms with van der Waals surface area (Å²) in [5.74, 6) is -1.94. The number of ether oxygens (including phenoxy) is 1. The van der Waals surface area contributed by atoms with E-state index in [-0.39, 0.29) is 17.2 Å². The fourth-order valence-electron chi connectivity index (χ4n) is 2.63. The summed E-state index contributed by atoms with van der Waals surface area (Å²) in [4.78, 5) is 21.9. The topological polar surface area (TPSA) is 93.4 Å². The van der Waals surface area contributed by atoms with Gasteiger partial charge >= 0.3 is 5.97 Å². The summed E-state index contributed by atoms with van der Waals surface area (Å²) in [5, 5.41) is 2.83. The van der Waals surface area contributed by atoms with Crippen molar-refractivity contribution in [3.8, 4) is 0 Å². The lowest BCUT2D eigenvalue weighted by molar-refractivity contribution is 0.0601. The van der Waals surface area contributed by atoms with E-state index in [1.54, 1.807) is 36.2 Å². The number of nitrogens with zero attached hydrogens (tertiary/aromatic N) is 3. The van der Waals surface area contributed by atoms with Gasteiger partial charge in [0.05, 0.1) is 18.4 Å². The van der Waals surface area contributed by atoms with Crippen LogP contribution in [0.4, 0.5) is 37.5 Å². The van der Waals surface area contributed by atoms with Crippen molar-refractivity contribution in [2.75, 3.05) is 30.1 Å². The first-order chi connectivity index (χ1) is 13.4. The van der Waals surface area contributed by atoms with E-state index in [9.17, 15) is 13.6 Å². The van der Waals surface area contributed by atoms with Crippen molar-refractivity contribution in [3.63, 3.8) is 0 Å². The van der Waals surface area contributed by atoms with Gasteiger partial charge in [-0.2, -0.15) is 0 Å². The largest absolute Gasteiger partial charge is 0.465 e. The smallest absolute Gasteiger partial charge is 0.339 e. The average Bonchev–Trinajstić information content (AvgIpc) is 2.71. The van der Waals surface area contributed by atoms with Crippen LogP contribution in [0.25, 0.3) is 0 Å². The first kappa shape index (κ1) is 19.0. The standard InChI is InChI=1S/C19H17F2N5O2/c1-26(15-6-4-3-5-12(15)19(27)28-2)18-16(22)17(23-10-24-18)25-11-7-8-13(20)14(21)9-11/h3-10H,22H2,1-2H3,(H,23,24,25). The van der Waals surface area contributed by atoms with Crippen LogP contribution < -0.4 is 16.0 Å². The van der Waals surface area contributed by atoms with Crippen molar-refractivity contribution in [1.82, 2.24) is 9.97 Å². The molecule has 0 radical (unpaired) electrons. The number of nitrogens with one attached hydrogen (secondary N) is 1. The number of esters is 1. The number of methoxy groups -OCH3 is 1. The highest BCUT2D eigenvalue weighted by atomic mass is 19.2. The van der Waals surface area contributed by atoms with Crippen LogP contribution in [0.5, 0.6) is 0 Å². The molecule has 3 N–H and O–H groups in total. The van der Waals surface area contributed by atoms with Gasteiger partial charge in [-0.05, 0) is 24.3 Å². The molecule has 28 heavy (non-hydrogen) atoms. The number of para-hydroxylation sites is 1. The maximum Gasteiger partial charge on any atom is 0.339 e. The molecule has 0 aliphatic carbocycles. The SMILES string of the molecule is COC(=O)c1ccccc1N(C)c1ncnc(Nc2ccc(F)c(F)c2)c1N. The number of carbonyl (C=O) groups excluding carboxylic acids is 1.